The molecule has 4 rings (SSSR count). The molecule has 5 heteroatoms. The number of aliphatic carboxylic acids is 1. The number of benzene rings is 4. The van der Waals surface area contributed by atoms with E-state index in [9.17, 15) is 4.79 Å². The van der Waals surface area contributed by atoms with Crippen molar-refractivity contribution in [3.8, 4) is 22.6 Å². The second kappa shape index (κ2) is 12.0. The lowest BCUT2D eigenvalue weighted by atomic mass is 9.95. The zero-order valence-electron chi connectivity index (χ0n) is 19.4. The van der Waals surface area contributed by atoms with Gasteiger partial charge in [0.25, 0.3) is 0 Å². The van der Waals surface area contributed by atoms with E-state index in [2.05, 4.69) is 54.6 Å². The van der Waals surface area contributed by atoms with Gasteiger partial charge < -0.3 is 14.6 Å². The second-order valence-corrected chi connectivity index (χ2v) is 8.85. The molecule has 0 aliphatic heterocycles. The van der Waals surface area contributed by atoms with E-state index in [0.29, 0.717) is 5.75 Å². The molecule has 0 aliphatic carbocycles. The third kappa shape index (κ3) is 6.78. The molecule has 4 aromatic rings. The Hall–Kier alpha value is -3.96. The number of carboxylic acids is 1. The van der Waals surface area contributed by atoms with Gasteiger partial charge in [-0.1, -0.05) is 72.8 Å². The van der Waals surface area contributed by atoms with Gasteiger partial charge in [-0.3, -0.25) is 0 Å². The smallest absolute Gasteiger partial charge is 0.341 e. The molecule has 0 heterocycles. The molecular formula is C30H26O4S. The number of carboxylic acid groups (broad SMARTS) is 1. The number of hydrogen-bond acceptors (Lipinski definition) is 4. The van der Waals surface area contributed by atoms with E-state index in [1.807, 2.05) is 42.5 Å². The first-order valence-corrected chi connectivity index (χ1v) is 12.2. The molecule has 0 saturated heterocycles. The van der Waals surface area contributed by atoms with Crippen LogP contribution in [0.3, 0.4) is 0 Å². The summed E-state index contributed by atoms with van der Waals surface area (Å²) in [5, 5.41) is 8.75. The summed E-state index contributed by atoms with van der Waals surface area (Å²) in [4.78, 5) is 11.7. The van der Waals surface area contributed by atoms with Crippen molar-refractivity contribution < 1.29 is 19.4 Å². The van der Waals surface area contributed by atoms with Gasteiger partial charge in [0.15, 0.2) is 6.61 Å². The number of methoxy groups -OCH3 is 1. The van der Waals surface area contributed by atoms with Crippen LogP contribution in [0.1, 0.15) is 11.1 Å². The molecule has 4 aromatic carbocycles. The van der Waals surface area contributed by atoms with Gasteiger partial charge >= 0.3 is 5.97 Å². The molecule has 0 unspecified atom stereocenters. The zero-order chi connectivity index (χ0) is 24.5. The van der Waals surface area contributed by atoms with Gasteiger partial charge in [-0.25, -0.2) is 4.79 Å². The van der Waals surface area contributed by atoms with Gasteiger partial charge in [-0.2, -0.15) is 0 Å². The van der Waals surface area contributed by atoms with Crippen molar-refractivity contribution in [3.63, 3.8) is 0 Å². The molecule has 0 fully saturated rings. The quantitative estimate of drug-likeness (QED) is 0.246. The summed E-state index contributed by atoms with van der Waals surface area (Å²) in [5.41, 5.74) is 5.80. The van der Waals surface area contributed by atoms with Crippen molar-refractivity contribution in [3.05, 3.63) is 120 Å². The molecule has 0 aliphatic rings. The van der Waals surface area contributed by atoms with Gasteiger partial charge in [0.2, 0.25) is 0 Å². The normalized spacial score (nSPS) is 11.2. The van der Waals surface area contributed by atoms with Crippen LogP contribution in [-0.2, 0) is 4.79 Å². The van der Waals surface area contributed by atoms with Crippen molar-refractivity contribution in [2.75, 3.05) is 19.5 Å². The zero-order valence-corrected chi connectivity index (χ0v) is 20.2. The third-order valence-electron chi connectivity index (χ3n) is 5.43. The highest BCUT2D eigenvalue weighted by atomic mass is 32.2. The van der Waals surface area contributed by atoms with Crippen LogP contribution in [0.4, 0.5) is 0 Å². The van der Waals surface area contributed by atoms with Crippen molar-refractivity contribution in [1.82, 2.24) is 0 Å². The van der Waals surface area contributed by atoms with Crippen molar-refractivity contribution >= 4 is 23.3 Å². The van der Waals surface area contributed by atoms with E-state index in [1.165, 1.54) is 11.1 Å². The van der Waals surface area contributed by atoms with Crippen LogP contribution >= 0.6 is 11.8 Å². The Morgan fingerprint density at radius 1 is 0.771 bits per heavy atom. The van der Waals surface area contributed by atoms with Gasteiger partial charge in [0, 0.05) is 10.6 Å². The van der Waals surface area contributed by atoms with E-state index >= 15 is 0 Å². The lowest BCUT2D eigenvalue weighted by Gasteiger charge is -2.11. The summed E-state index contributed by atoms with van der Waals surface area (Å²) in [6, 6.07) is 34.6. The van der Waals surface area contributed by atoms with E-state index < -0.39 is 5.97 Å². The van der Waals surface area contributed by atoms with Crippen LogP contribution in [0, 0.1) is 0 Å². The Bertz CT molecular complexity index is 1260. The fourth-order valence-corrected chi connectivity index (χ4v) is 4.42. The summed E-state index contributed by atoms with van der Waals surface area (Å²) < 4.78 is 10.5. The van der Waals surface area contributed by atoms with Gasteiger partial charge in [-0.05, 0) is 64.2 Å². The number of rotatable bonds is 10. The summed E-state index contributed by atoms with van der Waals surface area (Å²) in [6.45, 7) is -0.344. The maximum atomic E-state index is 10.7. The molecule has 0 spiro atoms. The minimum absolute atomic E-state index is 0.344. The first-order valence-electron chi connectivity index (χ1n) is 11.2. The molecule has 0 saturated carbocycles. The summed E-state index contributed by atoms with van der Waals surface area (Å²) >= 11 is 1.71. The monoisotopic (exact) mass is 482 g/mol. The lowest BCUT2D eigenvalue weighted by molar-refractivity contribution is -0.139. The van der Waals surface area contributed by atoms with E-state index in [0.717, 1.165) is 33.1 Å². The minimum Gasteiger partial charge on any atom is -0.497 e. The Morgan fingerprint density at radius 2 is 1.34 bits per heavy atom. The highest BCUT2D eigenvalue weighted by molar-refractivity contribution is 7.99. The number of carbonyl (C=O) groups is 1. The van der Waals surface area contributed by atoms with Crippen LogP contribution in [0.2, 0.25) is 0 Å². The maximum absolute atomic E-state index is 10.7. The summed E-state index contributed by atoms with van der Waals surface area (Å²) in [5.74, 6) is 1.16. The molecule has 176 valence electrons. The van der Waals surface area contributed by atoms with E-state index in [1.54, 1.807) is 31.0 Å². The topological polar surface area (TPSA) is 55.8 Å². The van der Waals surface area contributed by atoms with Crippen LogP contribution in [0.5, 0.6) is 11.5 Å². The average Bonchev–Trinajstić information content (AvgIpc) is 2.91. The Balaban J connectivity index is 1.53. The van der Waals surface area contributed by atoms with Gasteiger partial charge in [-0.15, -0.1) is 11.8 Å². The van der Waals surface area contributed by atoms with Crippen molar-refractivity contribution in [1.29, 1.82) is 0 Å². The van der Waals surface area contributed by atoms with E-state index in [-0.39, 0.29) is 6.61 Å². The highest BCUT2D eigenvalue weighted by Crippen LogP contribution is 2.30. The molecule has 35 heavy (non-hydrogen) atoms. The number of ether oxygens (including phenoxy) is 2. The first-order chi connectivity index (χ1) is 17.1. The molecule has 0 atom stereocenters. The standard InChI is InChI=1S/C30H26O4S/c1-33-26-13-11-25(12-14-26)29(24-9-7-23(8-10-24)22-5-3-2-4-6-22)19-20-35-28-17-15-27(16-18-28)34-21-30(31)32/h2-19H,20-21H2,1H3,(H,31,32). The molecule has 0 aromatic heterocycles. The first kappa shape index (κ1) is 24.2. The number of thioether (sulfide) groups is 1. The van der Waals surface area contributed by atoms with Crippen LogP contribution in [0.15, 0.2) is 114 Å². The fourth-order valence-electron chi connectivity index (χ4n) is 3.64. The van der Waals surface area contributed by atoms with Crippen LogP contribution < -0.4 is 9.47 Å². The lowest BCUT2D eigenvalue weighted by Crippen LogP contribution is -2.09. The van der Waals surface area contributed by atoms with Crippen LogP contribution in [-0.4, -0.2) is 30.5 Å². The predicted molar refractivity (Wildman–Crippen MR) is 142 cm³/mol. The van der Waals surface area contributed by atoms with Gasteiger partial charge in [0.1, 0.15) is 11.5 Å². The molecule has 4 nitrogen and oxygen atoms in total. The number of hydrogen-bond donors (Lipinski definition) is 1. The molecular weight excluding hydrogens is 456 g/mol. The average molecular weight is 483 g/mol. The van der Waals surface area contributed by atoms with Gasteiger partial charge in [0.05, 0.1) is 7.11 Å². The maximum Gasteiger partial charge on any atom is 0.341 e. The SMILES string of the molecule is COc1ccc(C(=CCSc2ccc(OCC(=O)O)cc2)c2ccc(-c3ccccc3)cc2)cc1. The Morgan fingerprint density at radius 3 is 1.94 bits per heavy atom. The predicted octanol–water partition coefficient (Wildman–Crippen LogP) is 7.05. The van der Waals surface area contributed by atoms with Crippen molar-refractivity contribution in [2.45, 2.75) is 4.90 Å². The Kier molecular flexibility index (Phi) is 8.25. The largest absolute Gasteiger partial charge is 0.497 e. The highest BCUT2D eigenvalue weighted by Gasteiger charge is 2.07. The Labute approximate surface area is 209 Å². The van der Waals surface area contributed by atoms with Crippen molar-refractivity contribution in [2.24, 2.45) is 0 Å². The molecule has 0 bridgehead atoms. The molecule has 0 amide bonds. The fraction of sp³-hybridized carbons (Fsp3) is 0.100. The second-order valence-electron chi connectivity index (χ2n) is 7.75. The third-order valence-corrected chi connectivity index (χ3v) is 6.37. The molecule has 1 N–H and O–H groups in total. The summed E-state index contributed by atoms with van der Waals surface area (Å²) in [7, 11) is 1.67. The minimum atomic E-state index is -0.989. The van der Waals surface area contributed by atoms with E-state index in [4.69, 9.17) is 14.6 Å². The summed E-state index contributed by atoms with van der Waals surface area (Å²) in [6.07, 6.45) is 2.23. The molecule has 0 radical (unpaired) electrons. The van der Waals surface area contributed by atoms with Crippen LogP contribution in [0.25, 0.3) is 16.7 Å².